The minimum Gasteiger partial charge on any atom is -0.469 e. The molecule has 0 bridgehead atoms. The number of hydrogen-bond donors (Lipinski definition) is 0. The first-order valence-electron chi connectivity index (χ1n) is 6.70. The smallest absolute Gasteiger partial charge is 0.277 e. The first-order valence-corrected chi connectivity index (χ1v) is 7.69. The normalized spacial score (nSPS) is 11.0. The number of benzene rings is 1. The van der Waals surface area contributed by atoms with E-state index in [1.165, 1.54) is 16.7 Å². The molecule has 0 aliphatic heterocycles. The third-order valence-electron chi connectivity index (χ3n) is 3.35. The molecule has 0 atom stereocenters. The zero-order chi connectivity index (χ0) is 14.8. The lowest BCUT2D eigenvalue weighted by molar-refractivity contribution is 0.463. The molecule has 0 spiro atoms. The maximum absolute atomic E-state index is 5.68. The Balaban J connectivity index is 1.73. The summed E-state index contributed by atoms with van der Waals surface area (Å²) in [5.74, 6) is 2.11. The van der Waals surface area contributed by atoms with Crippen molar-refractivity contribution in [2.75, 3.05) is 0 Å². The zero-order valence-corrected chi connectivity index (χ0v) is 13.0. The highest BCUT2D eigenvalue weighted by Crippen LogP contribution is 2.28. The number of thioether (sulfide) groups is 1. The number of aryl methyl sites for hydroxylation is 3. The van der Waals surface area contributed by atoms with Gasteiger partial charge in [-0.2, -0.15) is 0 Å². The van der Waals surface area contributed by atoms with Gasteiger partial charge in [-0.05, 0) is 38.0 Å². The molecule has 2 heterocycles. The van der Waals surface area contributed by atoms with Gasteiger partial charge >= 0.3 is 0 Å². The van der Waals surface area contributed by atoms with Crippen LogP contribution in [0.25, 0.3) is 11.5 Å². The molecular formula is C16H16N2O2S. The van der Waals surface area contributed by atoms with E-state index < -0.39 is 0 Å². The van der Waals surface area contributed by atoms with Crippen LogP contribution in [0, 0.1) is 20.8 Å². The molecule has 0 aliphatic carbocycles. The number of hydrogen-bond acceptors (Lipinski definition) is 5. The van der Waals surface area contributed by atoms with Gasteiger partial charge in [0.1, 0.15) is 5.76 Å². The van der Waals surface area contributed by atoms with Crippen molar-refractivity contribution in [1.82, 2.24) is 10.2 Å². The van der Waals surface area contributed by atoms with E-state index in [0.29, 0.717) is 11.1 Å². The van der Waals surface area contributed by atoms with Gasteiger partial charge in [0, 0.05) is 5.75 Å². The van der Waals surface area contributed by atoms with E-state index in [9.17, 15) is 0 Å². The molecule has 0 radical (unpaired) electrons. The lowest BCUT2D eigenvalue weighted by atomic mass is 10.1. The molecule has 3 rings (SSSR count). The molecule has 0 fully saturated rings. The number of nitrogens with zero attached hydrogens (tertiary/aromatic N) is 2. The Bertz CT molecular complexity index is 761. The van der Waals surface area contributed by atoms with Crippen LogP contribution in [0.3, 0.4) is 0 Å². The molecule has 5 heteroatoms. The van der Waals surface area contributed by atoms with E-state index in [2.05, 4.69) is 42.2 Å². The van der Waals surface area contributed by atoms with Crippen molar-refractivity contribution in [2.45, 2.75) is 31.7 Å². The average molecular weight is 300 g/mol. The predicted molar refractivity (Wildman–Crippen MR) is 82.2 cm³/mol. The van der Waals surface area contributed by atoms with Gasteiger partial charge in [-0.25, -0.2) is 0 Å². The lowest BCUT2D eigenvalue weighted by Crippen LogP contribution is -1.87. The van der Waals surface area contributed by atoms with Crippen molar-refractivity contribution in [1.29, 1.82) is 0 Å². The largest absolute Gasteiger partial charge is 0.469 e. The summed E-state index contributed by atoms with van der Waals surface area (Å²) in [5.41, 5.74) is 4.68. The molecule has 2 aromatic heterocycles. The Morgan fingerprint density at radius 2 is 1.95 bits per heavy atom. The van der Waals surface area contributed by atoms with Crippen molar-refractivity contribution >= 4 is 11.8 Å². The van der Waals surface area contributed by atoms with Gasteiger partial charge in [-0.3, -0.25) is 0 Å². The molecule has 0 saturated carbocycles. The highest BCUT2D eigenvalue weighted by molar-refractivity contribution is 7.98. The van der Waals surface area contributed by atoms with Crippen molar-refractivity contribution in [2.24, 2.45) is 0 Å². The monoisotopic (exact) mass is 300 g/mol. The molecule has 1 aromatic carbocycles. The summed E-state index contributed by atoms with van der Waals surface area (Å²) < 4.78 is 10.9. The molecule has 4 nitrogen and oxygen atoms in total. The summed E-state index contributed by atoms with van der Waals surface area (Å²) in [7, 11) is 0. The highest BCUT2D eigenvalue weighted by atomic mass is 32.2. The summed E-state index contributed by atoms with van der Waals surface area (Å²) in [6.45, 7) is 6.09. The third kappa shape index (κ3) is 3.03. The van der Waals surface area contributed by atoms with Crippen molar-refractivity contribution in [3.8, 4) is 11.5 Å². The first-order chi connectivity index (χ1) is 10.1. The van der Waals surface area contributed by atoms with Gasteiger partial charge in [-0.1, -0.05) is 35.5 Å². The van der Waals surface area contributed by atoms with Gasteiger partial charge in [0.2, 0.25) is 0 Å². The summed E-state index contributed by atoms with van der Waals surface area (Å²) in [6, 6.07) is 8.29. The van der Waals surface area contributed by atoms with Crippen LogP contribution in [-0.2, 0) is 5.75 Å². The van der Waals surface area contributed by atoms with Gasteiger partial charge in [0.25, 0.3) is 11.1 Å². The van der Waals surface area contributed by atoms with E-state index in [1.54, 1.807) is 18.0 Å². The van der Waals surface area contributed by atoms with Crippen LogP contribution in [0.2, 0.25) is 0 Å². The van der Waals surface area contributed by atoms with Crippen LogP contribution in [0.5, 0.6) is 0 Å². The van der Waals surface area contributed by atoms with E-state index >= 15 is 0 Å². The average Bonchev–Trinajstić information content (AvgIpc) is 3.08. The molecule has 21 heavy (non-hydrogen) atoms. The third-order valence-corrected chi connectivity index (χ3v) is 4.22. The van der Waals surface area contributed by atoms with E-state index in [-0.39, 0.29) is 0 Å². The zero-order valence-electron chi connectivity index (χ0n) is 12.2. The molecule has 3 aromatic rings. The maximum atomic E-state index is 5.68. The van der Waals surface area contributed by atoms with Crippen LogP contribution in [0.15, 0.2) is 44.6 Å². The Morgan fingerprint density at radius 3 is 2.71 bits per heavy atom. The Hall–Kier alpha value is -2.01. The fourth-order valence-electron chi connectivity index (χ4n) is 2.08. The molecular weight excluding hydrogens is 284 g/mol. The molecule has 0 amide bonds. The van der Waals surface area contributed by atoms with Gasteiger partial charge in [0.15, 0.2) is 0 Å². The minimum atomic E-state index is 0.504. The highest BCUT2D eigenvalue weighted by Gasteiger charge is 2.13. The molecule has 0 unspecified atom stereocenters. The second-order valence-electron chi connectivity index (χ2n) is 4.98. The molecule has 0 aliphatic rings. The van der Waals surface area contributed by atoms with Gasteiger partial charge in [-0.15, -0.1) is 10.2 Å². The minimum absolute atomic E-state index is 0.504. The Labute approximate surface area is 127 Å². The second-order valence-corrected chi connectivity index (χ2v) is 5.91. The molecule has 0 saturated heterocycles. The van der Waals surface area contributed by atoms with E-state index in [1.807, 2.05) is 13.0 Å². The van der Waals surface area contributed by atoms with Crippen molar-refractivity contribution < 1.29 is 8.83 Å². The quantitative estimate of drug-likeness (QED) is 0.662. The number of aromatic nitrogens is 2. The van der Waals surface area contributed by atoms with Crippen LogP contribution in [-0.4, -0.2) is 10.2 Å². The van der Waals surface area contributed by atoms with Crippen LogP contribution >= 0.6 is 11.8 Å². The van der Waals surface area contributed by atoms with Gasteiger partial charge in [0.05, 0.1) is 11.8 Å². The van der Waals surface area contributed by atoms with Crippen LogP contribution in [0.1, 0.15) is 22.5 Å². The Morgan fingerprint density at radius 1 is 1.10 bits per heavy atom. The fraction of sp³-hybridized carbons (Fsp3) is 0.250. The van der Waals surface area contributed by atoms with E-state index in [4.69, 9.17) is 8.83 Å². The topological polar surface area (TPSA) is 52.1 Å². The summed E-state index contributed by atoms with van der Waals surface area (Å²) in [5, 5.41) is 8.73. The van der Waals surface area contributed by atoms with Crippen molar-refractivity contribution in [3.63, 3.8) is 0 Å². The van der Waals surface area contributed by atoms with Gasteiger partial charge < -0.3 is 8.83 Å². The Kier molecular flexibility index (Phi) is 3.84. The number of rotatable bonds is 4. The molecule has 108 valence electrons. The van der Waals surface area contributed by atoms with Crippen molar-refractivity contribution in [3.05, 3.63) is 53.0 Å². The summed E-state index contributed by atoms with van der Waals surface area (Å²) >= 11 is 1.55. The summed E-state index contributed by atoms with van der Waals surface area (Å²) in [4.78, 5) is 0. The van der Waals surface area contributed by atoms with Crippen LogP contribution in [0.4, 0.5) is 0 Å². The second kappa shape index (κ2) is 5.77. The van der Waals surface area contributed by atoms with Crippen LogP contribution < -0.4 is 0 Å². The first kappa shape index (κ1) is 13.9. The van der Waals surface area contributed by atoms with E-state index in [0.717, 1.165) is 17.1 Å². The fourth-order valence-corrected chi connectivity index (χ4v) is 2.91. The maximum Gasteiger partial charge on any atom is 0.277 e. The SMILES string of the molecule is Cc1ccc(C)c(CSc2nnc(-c3ccoc3C)o2)c1. The molecule has 0 N–H and O–H groups in total. The lowest BCUT2D eigenvalue weighted by Gasteiger charge is -2.04. The summed E-state index contributed by atoms with van der Waals surface area (Å²) in [6.07, 6.45) is 1.62. The standard InChI is InChI=1S/C16H16N2O2S/c1-10-4-5-11(2)13(8-10)9-21-16-18-17-15(20-16)14-6-7-19-12(14)3/h4-8H,9H2,1-3H3. The predicted octanol–water partition coefficient (Wildman–Crippen LogP) is 4.55. The number of furan rings is 1.